The van der Waals surface area contributed by atoms with Crippen molar-refractivity contribution in [2.45, 2.75) is 31.1 Å². The van der Waals surface area contributed by atoms with Crippen LogP contribution >= 0.6 is 26.7 Å². The minimum Gasteiger partial charge on any atom is -0.387 e. The second-order valence-corrected chi connectivity index (χ2v) is 12.4. The topological polar surface area (TPSA) is 212 Å². The molecule has 0 amide bonds. The van der Waals surface area contributed by atoms with Gasteiger partial charge in [0, 0.05) is 13.1 Å². The summed E-state index contributed by atoms with van der Waals surface area (Å²) in [5, 5.41) is 26.1. The Balaban J connectivity index is 1.52. The number of fused-ring (bicyclic) bond motifs is 1. The molecule has 17 heteroatoms. The Morgan fingerprint density at radius 1 is 1.09 bits per heavy atom. The highest BCUT2D eigenvalue weighted by molar-refractivity contribution is 7.71. The molecular weight excluding hydrogens is 526 g/mol. The third-order valence-corrected chi connectivity index (χ3v) is 9.08. The predicted molar refractivity (Wildman–Crippen MR) is 125 cm³/mol. The number of halogens is 1. The van der Waals surface area contributed by atoms with E-state index in [9.17, 15) is 24.2 Å². The largest absolute Gasteiger partial charge is 0.387 e. The third-order valence-electron chi connectivity index (χ3n) is 5.22. The van der Waals surface area contributed by atoms with Crippen LogP contribution in [0.5, 0.6) is 0 Å². The molecule has 3 unspecified atom stereocenters. The number of aromatic nitrogens is 4. The lowest BCUT2D eigenvalue weighted by atomic mass is 10.1. The molecule has 4 rings (SSSR count). The van der Waals surface area contributed by atoms with Gasteiger partial charge in [-0.2, -0.15) is 9.97 Å². The second-order valence-electron chi connectivity index (χ2n) is 7.92. The second kappa shape index (κ2) is 10.2. The fraction of sp³-hybridized carbons (Fsp3) is 0.389. The van der Waals surface area contributed by atoms with Crippen LogP contribution in [0, 0.1) is 0 Å². The van der Waals surface area contributed by atoms with Crippen molar-refractivity contribution in [3.05, 3.63) is 47.5 Å². The van der Waals surface area contributed by atoms with Crippen LogP contribution in [0.2, 0.25) is 5.28 Å². The maximum Gasteiger partial charge on any atom is 0.336 e. The van der Waals surface area contributed by atoms with Gasteiger partial charge in [0.05, 0.1) is 6.33 Å². The minimum absolute atomic E-state index is 0.0975. The smallest absolute Gasteiger partial charge is 0.336 e. The van der Waals surface area contributed by atoms with Crippen molar-refractivity contribution >= 4 is 43.7 Å². The zero-order valence-electron chi connectivity index (χ0n) is 17.9. The van der Waals surface area contributed by atoms with E-state index in [-0.39, 0.29) is 10.9 Å². The fourth-order valence-electron chi connectivity index (χ4n) is 3.64. The molecule has 1 aliphatic heterocycles. The van der Waals surface area contributed by atoms with E-state index in [2.05, 4.69) is 25.4 Å². The van der Waals surface area contributed by atoms with Crippen LogP contribution in [-0.4, -0.2) is 75.2 Å². The number of rotatable bonds is 9. The maximum atomic E-state index is 12.0. The summed E-state index contributed by atoms with van der Waals surface area (Å²) in [6.07, 6.45) is -4.02. The van der Waals surface area contributed by atoms with Gasteiger partial charge in [-0.3, -0.25) is 13.7 Å². The van der Waals surface area contributed by atoms with Crippen molar-refractivity contribution in [3.63, 3.8) is 0 Å². The van der Waals surface area contributed by atoms with Gasteiger partial charge in [-0.25, -0.2) is 10.1 Å². The molecule has 2 aromatic heterocycles. The molecule has 1 saturated heterocycles. The highest BCUT2D eigenvalue weighted by Crippen LogP contribution is 2.52. The summed E-state index contributed by atoms with van der Waals surface area (Å²) < 4.78 is 30.1. The first kappa shape index (κ1) is 26.1. The molecule has 1 aromatic carbocycles. The van der Waals surface area contributed by atoms with Crippen LogP contribution in [0.25, 0.3) is 11.2 Å². The molecule has 0 aliphatic carbocycles. The monoisotopic (exact) mass is 548 g/mol. The first-order chi connectivity index (χ1) is 16.4. The summed E-state index contributed by atoms with van der Waals surface area (Å²) >= 11 is 6.10. The Morgan fingerprint density at radius 2 is 1.80 bits per heavy atom. The van der Waals surface area contributed by atoms with E-state index >= 15 is 0 Å². The molecule has 3 heterocycles. The van der Waals surface area contributed by atoms with Crippen molar-refractivity contribution in [1.29, 1.82) is 0 Å². The summed E-state index contributed by atoms with van der Waals surface area (Å²) in [4.78, 5) is 40.2. The lowest BCUT2D eigenvalue weighted by Gasteiger charge is -2.19. The molecule has 190 valence electrons. The quantitative estimate of drug-likeness (QED) is 0.144. The van der Waals surface area contributed by atoms with Crippen molar-refractivity contribution in [3.8, 4) is 0 Å². The van der Waals surface area contributed by atoms with Crippen LogP contribution in [0.15, 0.2) is 36.7 Å². The molecule has 1 fully saturated rings. The number of aliphatic hydroxyl groups is 2. The Kier molecular flexibility index (Phi) is 7.60. The normalized spacial score (nSPS) is 24.5. The highest BCUT2D eigenvalue weighted by Gasteiger charge is 2.45. The third kappa shape index (κ3) is 6.25. The fourth-order valence-corrected chi connectivity index (χ4v) is 6.67. The molecule has 7 N–H and O–H groups in total. The van der Waals surface area contributed by atoms with Gasteiger partial charge in [-0.15, -0.1) is 0 Å². The first-order valence-electron chi connectivity index (χ1n) is 10.2. The summed E-state index contributed by atoms with van der Waals surface area (Å²) in [5.41, 5.74) is 1.53. The zero-order valence-corrected chi connectivity index (χ0v) is 20.5. The van der Waals surface area contributed by atoms with Gasteiger partial charge in [0.2, 0.25) is 5.28 Å². The Bertz CT molecular complexity index is 1290. The number of aliphatic hydroxyl groups excluding tert-OH is 2. The zero-order chi connectivity index (χ0) is 25.4. The van der Waals surface area contributed by atoms with Gasteiger partial charge < -0.3 is 34.9 Å². The molecule has 0 bridgehead atoms. The van der Waals surface area contributed by atoms with Crippen molar-refractivity contribution in [1.82, 2.24) is 24.6 Å². The van der Waals surface area contributed by atoms with E-state index in [0.29, 0.717) is 17.9 Å². The Labute approximate surface area is 203 Å². The molecule has 14 nitrogen and oxygen atoms in total. The summed E-state index contributed by atoms with van der Waals surface area (Å²) in [6, 6.07) is 9.54. The summed E-state index contributed by atoms with van der Waals surface area (Å²) in [5.74, 6) is -0.942. The van der Waals surface area contributed by atoms with Gasteiger partial charge in [-0.1, -0.05) is 30.3 Å². The molecule has 5 atom stereocenters. The van der Waals surface area contributed by atoms with E-state index in [1.807, 2.05) is 30.3 Å². The number of nitrogens with one attached hydrogen (secondary N) is 2. The molecule has 0 spiro atoms. The van der Waals surface area contributed by atoms with E-state index in [4.69, 9.17) is 26.1 Å². The van der Waals surface area contributed by atoms with Crippen molar-refractivity contribution in [2.24, 2.45) is 0 Å². The summed E-state index contributed by atoms with van der Waals surface area (Å²) in [6.45, 7) is -0.0320. The first-order valence-corrected chi connectivity index (χ1v) is 14.3. The highest BCUT2D eigenvalue weighted by atomic mass is 35.5. The maximum absolute atomic E-state index is 12.0. The lowest BCUT2D eigenvalue weighted by molar-refractivity contribution is -0.0331. The molecule has 35 heavy (non-hydrogen) atoms. The molecular formula is C18H23ClN6O8P2. The van der Waals surface area contributed by atoms with Gasteiger partial charge >= 0.3 is 7.60 Å². The minimum atomic E-state index is -4.76. The predicted octanol–water partition coefficient (Wildman–Crippen LogP) is 0.621. The van der Waals surface area contributed by atoms with Gasteiger partial charge in [0.15, 0.2) is 23.2 Å². The average Bonchev–Trinajstić information content (AvgIpc) is 3.31. The van der Waals surface area contributed by atoms with Crippen LogP contribution in [0.4, 0.5) is 5.82 Å². The molecule has 0 radical (unpaired) electrons. The summed E-state index contributed by atoms with van der Waals surface area (Å²) in [7, 11) is -9.19. The molecule has 0 saturated carbocycles. The number of nitrogens with zero attached hydrogens (tertiary/aromatic N) is 4. The van der Waals surface area contributed by atoms with Crippen molar-refractivity contribution < 1.29 is 38.8 Å². The SMILES string of the molecule is O=P(O)(O)CP(=O)(O)NC[C@H]1O[C@@H](n2cnc3c(NCc4ccccc4)nc(Cl)nc32)C(O)C1O. The molecule has 3 aromatic rings. The van der Waals surface area contributed by atoms with Gasteiger partial charge in [-0.05, 0) is 17.2 Å². The standard InChI is InChI=1S/C18H23ClN6O8P2/c19-18-23-15(20-6-10-4-2-1-3-5-10)12-16(24-18)25(8-21-12)17-14(27)13(26)11(33-17)7-22-34(28,29)9-35(30,31)32/h1-5,8,11,13-14,17,26-27H,6-7,9H2,(H,20,23,24)(H2,22,28,29)(H2,30,31,32)/t11-,13?,14?,17-/m1/s1. The van der Waals surface area contributed by atoms with E-state index in [1.54, 1.807) is 0 Å². The van der Waals surface area contributed by atoms with Crippen molar-refractivity contribution in [2.75, 3.05) is 17.8 Å². The average molecular weight is 549 g/mol. The van der Waals surface area contributed by atoms with Crippen LogP contribution < -0.4 is 10.4 Å². The number of anilines is 1. The lowest BCUT2D eigenvalue weighted by Crippen LogP contribution is -2.37. The van der Waals surface area contributed by atoms with Crippen LogP contribution in [0.3, 0.4) is 0 Å². The number of hydrogen-bond acceptors (Lipinski definition) is 9. The van der Waals surface area contributed by atoms with Gasteiger partial charge in [0.25, 0.3) is 7.52 Å². The Hall–Kier alpha value is -1.96. The van der Waals surface area contributed by atoms with E-state index in [1.165, 1.54) is 10.9 Å². The van der Waals surface area contributed by atoms with E-state index in [0.717, 1.165) is 5.56 Å². The van der Waals surface area contributed by atoms with Crippen LogP contribution in [0.1, 0.15) is 11.8 Å². The number of benzene rings is 1. The number of ether oxygens (including phenoxy) is 1. The number of imidazole rings is 1. The van der Waals surface area contributed by atoms with E-state index < -0.39 is 52.1 Å². The number of hydrogen-bond donors (Lipinski definition) is 7. The van der Waals surface area contributed by atoms with Gasteiger partial charge in [0.1, 0.15) is 24.2 Å². The Morgan fingerprint density at radius 3 is 2.49 bits per heavy atom. The molecule has 1 aliphatic rings. The van der Waals surface area contributed by atoms with Crippen LogP contribution in [-0.2, 0) is 20.4 Å².